The first-order chi connectivity index (χ1) is 12.6. The third-order valence-corrected chi connectivity index (χ3v) is 4.87. The van der Waals surface area contributed by atoms with Gasteiger partial charge in [0.2, 0.25) is 0 Å². The van der Waals surface area contributed by atoms with E-state index in [0.29, 0.717) is 12.1 Å². The Morgan fingerprint density at radius 3 is 2.65 bits per heavy atom. The van der Waals surface area contributed by atoms with Crippen molar-refractivity contribution in [1.29, 1.82) is 0 Å². The summed E-state index contributed by atoms with van der Waals surface area (Å²) in [6.45, 7) is 1.21. The summed E-state index contributed by atoms with van der Waals surface area (Å²) in [7, 11) is 0. The fraction of sp³-hybridized carbons (Fsp3) is 0.316. The van der Waals surface area contributed by atoms with Crippen LogP contribution in [-0.4, -0.2) is 35.0 Å². The van der Waals surface area contributed by atoms with Gasteiger partial charge in [0.25, 0.3) is 11.6 Å². The maximum atomic E-state index is 13.1. The number of ether oxygens (including phenoxy) is 1. The number of nitrogens with zero attached hydrogens (tertiary/aromatic N) is 2. The summed E-state index contributed by atoms with van der Waals surface area (Å²) in [6.07, 6.45) is 1.56. The number of anilines is 1. The van der Waals surface area contributed by atoms with Gasteiger partial charge in [-0.1, -0.05) is 12.1 Å². The largest absolute Gasteiger partial charge is 0.376 e. The van der Waals surface area contributed by atoms with Crippen LogP contribution in [0.25, 0.3) is 0 Å². The van der Waals surface area contributed by atoms with Gasteiger partial charge < -0.3 is 15.0 Å². The van der Waals surface area contributed by atoms with Gasteiger partial charge in [-0.05, 0) is 42.7 Å². The number of para-hydroxylation sites is 1. The van der Waals surface area contributed by atoms with Gasteiger partial charge in [-0.3, -0.25) is 14.9 Å². The van der Waals surface area contributed by atoms with E-state index in [9.17, 15) is 14.9 Å². The lowest BCUT2D eigenvalue weighted by atomic mass is 10.0. The number of carbonyl (C=O) groups excluding carboxylic acids is 1. The Hall–Kier alpha value is -2.93. The number of non-ortho nitro benzene ring substituents is 1. The third kappa shape index (κ3) is 3.01. The molecule has 0 aliphatic carbocycles. The average molecular weight is 353 g/mol. The highest BCUT2D eigenvalue weighted by Crippen LogP contribution is 2.34. The Balaban J connectivity index is 1.69. The molecule has 2 atom stereocenters. The van der Waals surface area contributed by atoms with E-state index in [-0.39, 0.29) is 23.9 Å². The first-order valence-corrected chi connectivity index (χ1v) is 8.66. The second kappa shape index (κ2) is 6.76. The van der Waals surface area contributed by atoms with Crippen molar-refractivity contribution in [2.24, 2.45) is 0 Å². The van der Waals surface area contributed by atoms with Crippen LogP contribution in [0.15, 0.2) is 48.5 Å². The molecule has 26 heavy (non-hydrogen) atoms. The van der Waals surface area contributed by atoms with Crippen LogP contribution in [0.3, 0.4) is 0 Å². The maximum absolute atomic E-state index is 13.1. The lowest BCUT2D eigenvalue weighted by Crippen LogP contribution is -2.46. The van der Waals surface area contributed by atoms with E-state index in [1.54, 1.807) is 23.1 Å². The van der Waals surface area contributed by atoms with Crippen molar-refractivity contribution < 1.29 is 14.5 Å². The fourth-order valence-corrected chi connectivity index (χ4v) is 3.53. The Kier molecular flexibility index (Phi) is 4.30. The Bertz CT molecular complexity index is 831. The molecule has 4 rings (SSSR count). The number of benzene rings is 2. The molecule has 0 radical (unpaired) electrons. The minimum absolute atomic E-state index is 0.0200. The molecule has 1 amide bonds. The zero-order valence-electron chi connectivity index (χ0n) is 14.1. The van der Waals surface area contributed by atoms with Crippen LogP contribution in [0.1, 0.15) is 34.9 Å². The molecular formula is C19H19N3O4. The van der Waals surface area contributed by atoms with Crippen molar-refractivity contribution in [3.05, 3.63) is 69.8 Å². The molecule has 2 heterocycles. The lowest BCUT2D eigenvalue weighted by molar-refractivity contribution is -0.384. The summed E-state index contributed by atoms with van der Waals surface area (Å²) in [5.41, 5.74) is 2.23. The molecule has 0 bridgehead atoms. The molecule has 1 N–H and O–H groups in total. The number of nitrogens with one attached hydrogen (secondary N) is 1. The molecule has 2 aliphatic heterocycles. The molecule has 1 fully saturated rings. The summed E-state index contributed by atoms with van der Waals surface area (Å²) < 4.78 is 5.72. The highest BCUT2D eigenvalue weighted by Gasteiger charge is 2.35. The molecule has 7 heteroatoms. The van der Waals surface area contributed by atoms with Gasteiger partial charge in [0.05, 0.1) is 16.6 Å². The molecule has 2 aromatic carbocycles. The summed E-state index contributed by atoms with van der Waals surface area (Å²) in [5.74, 6) is -0.0572. The van der Waals surface area contributed by atoms with Gasteiger partial charge in [-0.25, -0.2) is 0 Å². The predicted molar refractivity (Wildman–Crippen MR) is 95.9 cm³/mol. The van der Waals surface area contributed by atoms with E-state index in [0.717, 1.165) is 30.7 Å². The molecule has 0 aromatic heterocycles. The van der Waals surface area contributed by atoms with Crippen LogP contribution < -0.4 is 5.32 Å². The SMILES string of the molecule is O=C1c2ccccc2N[C@H](c2ccc([N+](=O)[O-])cc2)N1C[C@@H]1CCCO1. The van der Waals surface area contributed by atoms with Crippen LogP contribution in [0.2, 0.25) is 0 Å². The van der Waals surface area contributed by atoms with E-state index < -0.39 is 4.92 Å². The van der Waals surface area contributed by atoms with E-state index in [1.165, 1.54) is 12.1 Å². The van der Waals surface area contributed by atoms with Crippen molar-refractivity contribution in [2.45, 2.75) is 25.1 Å². The number of hydrogen-bond acceptors (Lipinski definition) is 5. The minimum Gasteiger partial charge on any atom is -0.376 e. The quantitative estimate of drug-likeness (QED) is 0.673. The second-order valence-electron chi connectivity index (χ2n) is 6.53. The maximum Gasteiger partial charge on any atom is 0.269 e. The summed E-state index contributed by atoms with van der Waals surface area (Å²) in [6, 6.07) is 13.7. The number of fused-ring (bicyclic) bond motifs is 1. The minimum atomic E-state index is -0.428. The molecule has 0 saturated carbocycles. The smallest absolute Gasteiger partial charge is 0.269 e. The molecule has 2 aliphatic rings. The van der Waals surface area contributed by atoms with Gasteiger partial charge in [-0.15, -0.1) is 0 Å². The van der Waals surface area contributed by atoms with Crippen LogP contribution in [0.4, 0.5) is 11.4 Å². The highest BCUT2D eigenvalue weighted by atomic mass is 16.6. The van der Waals surface area contributed by atoms with Crippen LogP contribution in [-0.2, 0) is 4.74 Å². The first kappa shape index (κ1) is 16.5. The molecule has 2 aromatic rings. The van der Waals surface area contributed by atoms with Gasteiger partial charge in [0, 0.05) is 31.0 Å². The Morgan fingerprint density at radius 1 is 1.19 bits per heavy atom. The van der Waals surface area contributed by atoms with Gasteiger partial charge in [0.15, 0.2) is 0 Å². The molecular weight excluding hydrogens is 334 g/mol. The van der Waals surface area contributed by atoms with E-state index in [1.807, 2.05) is 18.2 Å². The van der Waals surface area contributed by atoms with Crippen molar-refractivity contribution >= 4 is 17.3 Å². The molecule has 7 nitrogen and oxygen atoms in total. The summed E-state index contributed by atoms with van der Waals surface area (Å²) in [4.78, 5) is 25.3. The second-order valence-corrected chi connectivity index (χ2v) is 6.53. The van der Waals surface area contributed by atoms with Gasteiger partial charge in [-0.2, -0.15) is 0 Å². The molecule has 134 valence electrons. The van der Waals surface area contributed by atoms with E-state index in [2.05, 4.69) is 5.32 Å². The van der Waals surface area contributed by atoms with Crippen LogP contribution in [0, 0.1) is 10.1 Å². The fourth-order valence-electron chi connectivity index (χ4n) is 3.53. The Morgan fingerprint density at radius 2 is 1.96 bits per heavy atom. The summed E-state index contributed by atoms with van der Waals surface area (Å²) >= 11 is 0. The predicted octanol–water partition coefficient (Wildman–Crippen LogP) is 3.34. The number of hydrogen-bond donors (Lipinski definition) is 1. The van der Waals surface area contributed by atoms with Crippen molar-refractivity contribution in [3.8, 4) is 0 Å². The molecule has 0 spiro atoms. The zero-order valence-corrected chi connectivity index (χ0v) is 14.1. The van der Waals surface area contributed by atoms with E-state index >= 15 is 0 Å². The first-order valence-electron chi connectivity index (χ1n) is 8.66. The number of amides is 1. The number of carbonyl (C=O) groups is 1. The van der Waals surface area contributed by atoms with Gasteiger partial charge >= 0.3 is 0 Å². The van der Waals surface area contributed by atoms with Crippen LogP contribution in [0.5, 0.6) is 0 Å². The highest BCUT2D eigenvalue weighted by molar-refractivity contribution is 6.01. The number of nitro groups is 1. The zero-order chi connectivity index (χ0) is 18.1. The standard InChI is InChI=1S/C19H19N3O4/c23-19-16-5-1-2-6-17(16)20-18(21(19)12-15-4-3-11-26-15)13-7-9-14(10-8-13)22(24)25/h1-2,5-10,15,18,20H,3-4,11-12H2/t15-,18-/m0/s1. The Labute approximate surface area is 150 Å². The average Bonchev–Trinajstić information content (AvgIpc) is 3.17. The van der Waals surface area contributed by atoms with E-state index in [4.69, 9.17) is 4.74 Å². The molecule has 1 saturated heterocycles. The number of nitro benzene ring substituents is 1. The topological polar surface area (TPSA) is 84.7 Å². The van der Waals surface area contributed by atoms with Crippen molar-refractivity contribution in [3.63, 3.8) is 0 Å². The van der Waals surface area contributed by atoms with Crippen LogP contribution >= 0.6 is 0 Å². The van der Waals surface area contributed by atoms with Gasteiger partial charge in [0.1, 0.15) is 6.17 Å². The van der Waals surface area contributed by atoms with Crippen molar-refractivity contribution in [2.75, 3.05) is 18.5 Å². The third-order valence-electron chi connectivity index (χ3n) is 4.87. The molecule has 0 unspecified atom stereocenters. The monoisotopic (exact) mass is 353 g/mol. The summed E-state index contributed by atoms with van der Waals surface area (Å²) in [5, 5.41) is 14.3. The number of rotatable bonds is 4. The normalized spacial score (nSPS) is 22.0. The van der Waals surface area contributed by atoms with Crippen molar-refractivity contribution in [1.82, 2.24) is 4.90 Å². The lowest BCUT2D eigenvalue weighted by Gasteiger charge is -2.39.